The van der Waals surface area contributed by atoms with Crippen LogP contribution in [-0.2, 0) is 4.74 Å². The lowest BCUT2D eigenvalue weighted by molar-refractivity contribution is 0.00819. The summed E-state index contributed by atoms with van der Waals surface area (Å²) in [5.74, 6) is 0.887. The lowest BCUT2D eigenvalue weighted by atomic mass is 10.1. The summed E-state index contributed by atoms with van der Waals surface area (Å²) in [7, 11) is 1.69. The van der Waals surface area contributed by atoms with Gasteiger partial charge in [-0.25, -0.2) is 0 Å². The highest BCUT2D eigenvalue weighted by Crippen LogP contribution is 2.23. The molecule has 0 spiro atoms. The van der Waals surface area contributed by atoms with Crippen molar-refractivity contribution in [2.24, 2.45) is 0 Å². The van der Waals surface area contributed by atoms with Crippen molar-refractivity contribution in [1.82, 2.24) is 5.32 Å². The predicted octanol–water partition coefficient (Wildman–Crippen LogP) is 2.13. The molecule has 0 saturated carbocycles. The monoisotopic (exact) mass is 221 g/mol. The van der Waals surface area contributed by atoms with E-state index in [0.29, 0.717) is 6.10 Å². The molecule has 2 atom stereocenters. The van der Waals surface area contributed by atoms with E-state index in [0.717, 1.165) is 25.3 Å². The van der Waals surface area contributed by atoms with E-state index in [1.165, 1.54) is 5.56 Å². The molecule has 0 radical (unpaired) electrons. The van der Waals surface area contributed by atoms with Gasteiger partial charge in [0.05, 0.1) is 19.3 Å². The molecule has 0 aliphatic carbocycles. The first-order chi connectivity index (χ1) is 7.79. The minimum atomic E-state index is 0.125. The van der Waals surface area contributed by atoms with E-state index in [1.807, 2.05) is 18.2 Å². The van der Waals surface area contributed by atoms with Crippen molar-refractivity contribution in [3.8, 4) is 5.75 Å². The van der Waals surface area contributed by atoms with Gasteiger partial charge in [-0.05, 0) is 37.6 Å². The molecule has 1 fully saturated rings. The van der Waals surface area contributed by atoms with Crippen LogP contribution in [0.15, 0.2) is 24.3 Å². The first kappa shape index (κ1) is 11.4. The van der Waals surface area contributed by atoms with Gasteiger partial charge < -0.3 is 14.8 Å². The molecule has 16 heavy (non-hydrogen) atoms. The number of benzene rings is 1. The zero-order valence-corrected chi connectivity index (χ0v) is 9.90. The van der Waals surface area contributed by atoms with Crippen LogP contribution in [0.1, 0.15) is 25.0 Å². The number of hydrogen-bond donors (Lipinski definition) is 1. The topological polar surface area (TPSA) is 30.5 Å². The predicted molar refractivity (Wildman–Crippen MR) is 63.8 cm³/mol. The number of ether oxygens (including phenoxy) is 2. The highest BCUT2D eigenvalue weighted by atomic mass is 16.5. The second-order valence-electron chi connectivity index (χ2n) is 4.17. The van der Waals surface area contributed by atoms with Crippen molar-refractivity contribution in [1.29, 1.82) is 0 Å². The van der Waals surface area contributed by atoms with Gasteiger partial charge in [-0.1, -0.05) is 12.1 Å². The molecule has 0 aromatic heterocycles. The minimum Gasteiger partial charge on any atom is -0.497 e. The van der Waals surface area contributed by atoms with Gasteiger partial charge in [-0.3, -0.25) is 0 Å². The molecule has 2 rings (SSSR count). The van der Waals surface area contributed by atoms with E-state index in [2.05, 4.69) is 18.3 Å². The van der Waals surface area contributed by atoms with Crippen LogP contribution < -0.4 is 10.1 Å². The molecule has 88 valence electrons. The van der Waals surface area contributed by atoms with Crippen LogP contribution in [0.4, 0.5) is 0 Å². The normalized spacial score (nSPS) is 22.0. The molecule has 3 heteroatoms. The lowest BCUT2D eigenvalue weighted by Crippen LogP contribution is -2.18. The van der Waals surface area contributed by atoms with Crippen molar-refractivity contribution in [2.45, 2.75) is 25.6 Å². The summed E-state index contributed by atoms with van der Waals surface area (Å²) in [5, 5.41) is 3.30. The highest BCUT2D eigenvalue weighted by Gasteiger charge is 2.18. The zero-order chi connectivity index (χ0) is 11.4. The highest BCUT2D eigenvalue weighted by molar-refractivity contribution is 5.29. The molecule has 1 aromatic carbocycles. The molecular weight excluding hydrogens is 202 g/mol. The summed E-state index contributed by atoms with van der Waals surface area (Å²) in [6.45, 7) is 4.12. The van der Waals surface area contributed by atoms with Crippen LogP contribution in [0.3, 0.4) is 0 Å². The number of hydrogen-bond acceptors (Lipinski definition) is 3. The minimum absolute atomic E-state index is 0.125. The van der Waals surface area contributed by atoms with E-state index < -0.39 is 0 Å². The molecule has 3 nitrogen and oxygen atoms in total. The molecule has 0 bridgehead atoms. The van der Waals surface area contributed by atoms with Crippen molar-refractivity contribution < 1.29 is 9.47 Å². The lowest BCUT2D eigenvalue weighted by Gasteiger charge is -2.18. The Morgan fingerprint density at radius 1 is 1.44 bits per heavy atom. The van der Waals surface area contributed by atoms with Crippen LogP contribution in [-0.4, -0.2) is 26.3 Å². The Morgan fingerprint density at radius 3 is 3.00 bits per heavy atom. The van der Waals surface area contributed by atoms with Crippen LogP contribution in [0, 0.1) is 0 Å². The molecule has 1 N–H and O–H groups in total. The van der Waals surface area contributed by atoms with Gasteiger partial charge in [0, 0.05) is 6.54 Å². The van der Waals surface area contributed by atoms with Gasteiger partial charge in [-0.2, -0.15) is 0 Å². The summed E-state index contributed by atoms with van der Waals surface area (Å²) in [5.41, 5.74) is 1.17. The Kier molecular flexibility index (Phi) is 3.80. The molecule has 0 unspecified atom stereocenters. The number of rotatable bonds is 4. The van der Waals surface area contributed by atoms with Crippen molar-refractivity contribution >= 4 is 0 Å². The Labute approximate surface area is 96.8 Å². The molecule has 0 amide bonds. The molecule has 1 aliphatic heterocycles. The number of nitrogens with one attached hydrogen (secondary N) is 1. The summed E-state index contributed by atoms with van der Waals surface area (Å²) < 4.78 is 11.2. The summed E-state index contributed by atoms with van der Waals surface area (Å²) in [6, 6.07) is 8.07. The smallest absolute Gasteiger partial charge is 0.119 e. The average Bonchev–Trinajstić information content (AvgIpc) is 2.82. The fourth-order valence-electron chi connectivity index (χ4n) is 2.01. The first-order valence-corrected chi connectivity index (χ1v) is 5.79. The van der Waals surface area contributed by atoms with Crippen molar-refractivity contribution in [3.05, 3.63) is 29.8 Å². The average molecular weight is 221 g/mol. The fourth-order valence-corrected chi connectivity index (χ4v) is 2.01. The first-order valence-electron chi connectivity index (χ1n) is 5.79. The van der Waals surface area contributed by atoms with Gasteiger partial charge >= 0.3 is 0 Å². The van der Waals surface area contributed by atoms with E-state index in [1.54, 1.807) is 7.11 Å². The SMILES string of the molecule is COc1cccc([C@@H](C)O[C@@H]2CCNC2)c1. The maximum atomic E-state index is 5.98. The van der Waals surface area contributed by atoms with E-state index in [-0.39, 0.29) is 6.10 Å². The summed E-state index contributed by atoms with van der Waals surface area (Å²) in [6.07, 6.45) is 1.58. The van der Waals surface area contributed by atoms with Gasteiger partial charge in [0.1, 0.15) is 5.75 Å². The van der Waals surface area contributed by atoms with Crippen LogP contribution in [0.5, 0.6) is 5.75 Å². The summed E-state index contributed by atoms with van der Waals surface area (Å²) >= 11 is 0. The molecule has 1 saturated heterocycles. The quantitative estimate of drug-likeness (QED) is 0.845. The van der Waals surface area contributed by atoms with E-state index in [9.17, 15) is 0 Å². The van der Waals surface area contributed by atoms with Crippen molar-refractivity contribution in [3.63, 3.8) is 0 Å². The molecule has 1 heterocycles. The standard InChI is InChI=1S/C13H19NO2/c1-10(16-13-6-7-14-9-13)11-4-3-5-12(8-11)15-2/h3-5,8,10,13-14H,6-7,9H2,1-2H3/t10-,13-/m1/s1. The largest absolute Gasteiger partial charge is 0.497 e. The van der Waals surface area contributed by atoms with E-state index >= 15 is 0 Å². The Hall–Kier alpha value is -1.06. The molecule has 1 aromatic rings. The second-order valence-corrected chi connectivity index (χ2v) is 4.17. The zero-order valence-electron chi connectivity index (χ0n) is 9.90. The number of methoxy groups -OCH3 is 1. The van der Waals surface area contributed by atoms with Crippen LogP contribution in [0.25, 0.3) is 0 Å². The Bertz CT molecular complexity index is 334. The Morgan fingerprint density at radius 2 is 2.31 bits per heavy atom. The maximum Gasteiger partial charge on any atom is 0.119 e. The van der Waals surface area contributed by atoms with Crippen LogP contribution >= 0.6 is 0 Å². The van der Waals surface area contributed by atoms with Gasteiger partial charge in [-0.15, -0.1) is 0 Å². The Balaban J connectivity index is 1.98. The third-order valence-electron chi connectivity index (χ3n) is 2.97. The second kappa shape index (κ2) is 5.32. The molecular formula is C13H19NO2. The van der Waals surface area contributed by atoms with E-state index in [4.69, 9.17) is 9.47 Å². The molecule has 1 aliphatic rings. The third-order valence-corrected chi connectivity index (χ3v) is 2.97. The summed E-state index contributed by atoms with van der Waals surface area (Å²) in [4.78, 5) is 0. The maximum absolute atomic E-state index is 5.98. The van der Waals surface area contributed by atoms with Gasteiger partial charge in [0.25, 0.3) is 0 Å². The third kappa shape index (κ3) is 2.74. The van der Waals surface area contributed by atoms with Gasteiger partial charge in [0.2, 0.25) is 0 Å². The van der Waals surface area contributed by atoms with Crippen molar-refractivity contribution in [2.75, 3.05) is 20.2 Å². The fraction of sp³-hybridized carbons (Fsp3) is 0.538. The van der Waals surface area contributed by atoms with Crippen LogP contribution in [0.2, 0.25) is 0 Å². The van der Waals surface area contributed by atoms with Gasteiger partial charge in [0.15, 0.2) is 0 Å².